The summed E-state index contributed by atoms with van der Waals surface area (Å²) in [5.41, 5.74) is 7.69. The molecule has 0 radical (unpaired) electrons. The second-order valence-corrected chi connectivity index (χ2v) is 7.46. The van der Waals surface area contributed by atoms with Gasteiger partial charge in [-0.2, -0.15) is 13.9 Å². The first kappa shape index (κ1) is 20.8. The Morgan fingerprint density at radius 3 is 2.19 bits per heavy atom. The van der Waals surface area contributed by atoms with E-state index in [1.807, 2.05) is 42.5 Å². The van der Waals surface area contributed by atoms with Crippen molar-refractivity contribution in [2.24, 2.45) is 10.8 Å². The molecule has 3 aromatic rings. The summed E-state index contributed by atoms with van der Waals surface area (Å²) in [6, 6.07) is 22.3. The number of ether oxygens (including phenoxy) is 1. The van der Waals surface area contributed by atoms with Gasteiger partial charge in [0.2, 0.25) is 0 Å². The summed E-state index contributed by atoms with van der Waals surface area (Å²) in [6.45, 7) is -2.74. The maximum atomic E-state index is 12.5. The quantitative estimate of drug-likeness (QED) is 0.603. The number of alkyl halides is 2. The first-order valence-corrected chi connectivity index (χ1v) is 9.81. The van der Waals surface area contributed by atoms with Crippen molar-refractivity contribution in [3.63, 3.8) is 0 Å². The van der Waals surface area contributed by atoms with Crippen LogP contribution < -0.4 is 10.5 Å². The molecule has 1 atom stereocenters. The van der Waals surface area contributed by atoms with Gasteiger partial charge in [-0.1, -0.05) is 54.1 Å². The van der Waals surface area contributed by atoms with Crippen LogP contribution in [0, 0.1) is 0 Å². The number of primary amides is 1. The van der Waals surface area contributed by atoms with Crippen LogP contribution in [0.2, 0.25) is 5.02 Å². The fourth-order valence-electron chi connectivity index (χ4n) is 3.85. The highest BCUT2D eigenvalue weighted by Crippen LogP contribution is 2.41. The van der Waals surface area contributed by atoms with E-state index in [9.17, 15) is 13.6 Å². The summed E-state index contributed by atoms with van der Waals surface area (Å²) in [5.74, 6) is 0.0286. The van der Waals surface area contributed by atoms with Gasteiger partial charge in [0.1, 0.15) is 5.75 Å². The molecule has 0 aliphatic carbocycles. The Morgan fingerprint density at radius 2 is 1.61 bits per heavy atom. The molecule has 2 amide bonds. The molecule has 31 heavy (non-hydrogen) atoms. The smallest absolute Gasteiger partial charge is 0.387 e. The van der Waals surface area contributed by atoms with Crippen LogP contribution in [0.25, 0.3) is 0 Å². The molecule has 4 rings (SSSR count). The van der Waals surface area contributed by atoms with Crippen molar-refractivity contribution in [2.75, 3.05) is 6.54 Å². The predicted molar refractivity (Wildman–Crippen MR) is 115 cm³/mol. The van der Waals surface area contributed by atoms with Crippen LogP contribution in [0.15, 0.2) is 84.0 Å². The molecule has 1 aliphatic heterocycles. The van der Waals surface area contributed by atoms with E-state index in [1.54, 1.807) is 24.3 Å². The summed E-state index contributed by atoms with van der Waals surface area (Å²) in [6.07, 6.45) is 0. The zero-order valence-corrected chi connectivity index (χ0v) is 17.0. The molecule has 0 spiro atoms. The van der Waals surface area contributed by atoms with Crippen molar-refractivity contribution < 1.29 is 18.3 Å². The van der Waals surface area contributed by atoms with Gasteiger partial charge in [0, 0.05) is 5.02 Å². The molecular weight excluding hydrogens is 424 g/mol. The van der Waals surface area contributed by atoms with E-state index < -0.39 is 18.1 Å². The summed E-state index contributed by atoms with van der Waals surface area (Å²) in [7, 11) is 0. The van der Waals surface area contributed by atoms with Gasteiger partial charge in [-0.3, -0.25) is 0 Å². The number of rotatable bonds is 5. The second-order valence-electron chi connectivity index (χ2n) is 7.03. The number of amides is 2. The van der Waals surface area contributed by atoms with Crippen LogP contribution in [0.3, 0.4) is 0 Å². The number of urea groups is 1. The van der Waals surface area contributed by atoms with Crippen molar-refractivity contribution in [2.45, 2.75) is 12.0 Å². The lowest BCUT2D eigenvalue weighted by Gasteiger charge is -2.32. The molecule has 1 aliphatic rings. The Morgan fingerprint density at radius 1 is 1.00 bits per heavy atom. The van der Waals surface area contributed by atoms with E-state index in [2.05, 4.69) is 9.84 Å². The minimum absolute atomic E-state index is 0.0286. The highest BCUT2D eigenvalue weighted by atomic mass is 35.5. The van der Waals surface area contributed by atoms with Gasteiger partial charge in [0.25, 0.3) is 0 Å². The maximum Gasteiger partial charge on any atom is 0.387 e. The second kappa shape index (κ2) is 8.35. The number of nitrogens with zero attached hydrogens (tertiary/aromatic N) is 2. The van der Waals surface area contributed by atoms with Gasteiger partial charge in [0.05, 0.1) is 17.7 Å². The first-order chi connectivity index (χ1) is 14.9. The maximum absolute atomic E-state index is 12.5. The third-order valence-electron chi connectivity index (χ3n) is 5.22. The molecule has 1 unspecified atom stereocenters. The van der Waals surface area contributed by atoms with Gasteiger partial charge in [-0.15, -0.1) is 0 Å². The van der Waals surface area contributed by atoms with Crippen molar-refractivity contribution in [3.05, 3.63) is 101 Å². The van der Waals surface area contributed by atoms with Crippen molar-refractivity contribution >= 4 is 23.3 Å². The molecule has 0 saturated carbocycles. The van der Waals surface area contributed by atoms with Crippen molar-refractivity contribution in [1.82, 2.24) is 5.01 Å². The van der Waals surface area contributed by atoms with Crippen LogP contribution in [-0.2, 0) is 5.41 Å². The molecule has 0 saturated heterocycles. The van der Waals surface area contributed by atoms with E-state index in [4.69, 9.17) is 17.3 Å². The lowest BCUT2D eigenvalue weighted by Crippen LogP contribution is -2.42. The number of hydrogen-bond acceptors (Lipinski definition) is 3. The zero-order valence-electron chi connectivity index (χ0n) is 16.2. The fourth-order valence-corrected chi connectivity index (χ4v) is 3.97. The minimum atomic E-state index is -2.92. The number of carbonyl (C=O) groups excluding carboxylic acids is 1. The zero-order chi connectivity index (χ0) is 22.0. The van der Waals surface area contributed by atoms with Crippen LogP contribution in [0.1, 0.15) is 16.7 Å². The highest BCUT2D eigenvalue weighted by Gasteiger charge is 2.47. The van der Waals surface area contributed by atoms with E-state index in [0.29, 0.717) is 16.3 Å². The van der Waals surface area contributed by atoms with Gasteiger partial charge >= 0.3 is 12.6 Å². The van der Waals surface area contributed by atoms with Crippen LogP contribution in [-0.4, -0.2) is 29.9 Å². The number of carbonyl (C=O) groups is 1. The molecule has 2 N–H and O–H groups in total. The Bertz CT molecular complexity index is 1110. The van der Waals surface area contributed by atoms with Gasteiger partial charge in [-0.05, 0) is 53.1 Å². The standard InChI is InChI=1S/C23H18ClF2N3O2/c24-18-10-8-17(9-11-18)23(16-4-2-1-3-5-16)14-29(22(27)30)28-20(23)15-6-12-19(13-7-15)31-21(25)26/h1-13,21H,14H2,(H2,27,30). The molecule has 158 valence electrons. The normalized spacial score (nSPS) is 18.2. The van der Waals surface area contributed by atoms with E-state index >= 15 is 0 Å². The van der Waals surface area contributed by atoms with Gasteiger partial charge in [-0.25, -0.2) is 9.80 Å². The molecule has 1 heterocycles. The van der Waals surface area contributed by atoms with Crippen LogP contribution in [0.5, 0.6) is 5.75 Å². The highest BCUT2D eigenvalue weighted by molar-refractivity contribution is 6.30. The lowest BCUT2D eigenvalue weighted by atomic mass is 9.69. The molecular formula is C23H18ClF2N3O2. The van der Waals surface area contributed by atoms with Gasteiger partial charge < -0.3 is 10.5 Å². The Hall–Kier alpha value is -3.45. The minimum Gasteiger partial charge on any atom is -0.435 e. The largest absolute Gasteiger partial charge is 0.435 e. The molecule has 8 heteroatoms. The van der Waals surface area contributed by atoms with E-state index in [0.717, 1.165) is 11.1 Å². The Labute approximate surface area is 182 Å². The number of hydrogen-bond donors (Lipinski definition) is 1. The van der Waals surface area contributed by atoms with Crippen LogP contribution in [0.4, 0.5) is 13.6 Å². The Balaban J connectivity index is 1.90. The number of benzene rings is 3. The van der Waals surface area contributed by atoms with E-state index in [-0.39, 0.29) is 12.3 Å². The van der Waals surface area contributed by atoms with Crippen molar-refractivity contribution in [1.29, 1.82) is 0 Å². The Kier molecular flexibility index (Phi) is 5.61. The number of nitrogens with two attached hydrogens (primary N) is 1. The summed E-state index contributed by atoms with van der Waals surface area (Å²) >= 11 is 6.11. The third kappa shape index (κ3) is 3.96. The third-order valence-corrected chi connectivity index (χ3v) is 5.47. The summed E-state index contributed by atoms with van der Waals surface area (Å²) in [4.78, 5) is 12.1. The first-order valence-electron chi connectivity index (χ1n) is 9.43. The SMILES string of the molecule is NC(=O)N1CC(c2ccccc2)(c2ccc(Cl)cc2)C(c2ccc(OC(F)F)cc2)=N1. The molecule has 5 nitrogen and oxygen atoms in total. The predicted octanol–water partition coefficient (Wildman–Crippen LogP) is 5.03. The topological polar surface area (TPSA) is 67.9 Å². The van der Waals surface area contributed by atoms with Gasteiger partial charge in [0.15, 0.2) is 0 Å². The summed E-state index contributed by atoms with van der Waals surface area (Å²) in [5, 5.41) is 6.31. The summed E-state index contributed by atoms with van der Waals surface area (Å²) < 4.78 is 29.5. The molecule has 0 bridgehead atoms. The number of halogens is 3. The monoisotopic (exact) mass is 441 g/mol. The van der Waals surface area contributed by atoms with E-state index in [1.165, 1.54) is 17.1 Å². The van der Waals surface area contributed by atoms with Crippen LogP contribution >= 0.6 is 11.6 Å². The fraction of sp³-hybridized carbons (Fsp3) is 0.130. The molecule has 3 aromatic carbocycles. The number of hydrazone groups is 1. The lowest BCUT2D eigenvalue weighted by molar-refractivity contribution is -0.0498. The molecule has 0 fully saturated rings. The average Bonchev–Trinajstić information content (AvgIpc) is 3.17. The molecule has 0 aromatic heterocycles. The van der Waals surface area contributed by atoms with Crippen molar-refractivity contribution in [3.8, 4) is 5.75 Å². The average molecular weight is 442 g/mol.